The molecular formula is C25H25N5O5S. The summed E-state index contributed by atoms with van der Waals surface area (Å²) in [6.07, 6.45) is 1.55. The Balaban J connectivity index is 1.63. The van der Waals surface area contributed by atoms with Gasteiger partial charge in [-0.2, -0.15) is 5.10 Å². The van der Waals surface area contributed by atoms with Crippen LogP contribution in [-0.2, 0) is 4.79 Å². The van der Waals surface area contributed by atoms with Crippen molar-refractivity contribution in [3.05, 3.63) is 66.6 Å². The molecule has 0 fully saturated rings. The molecule has 0 atom stereocenters. The molecule has 0 unspecified atom stereocenters. The van der Waals surface area contributed by atoms with Crippen LogP contribution in [-0.4, -0.2) is 53.5 Å². The molecule has 0 spiro atoms. The fourth-order valence-electron chi connectivity index (χ4n) is 3.42. The summed E-state index contributed by atoms with van der Waals surface area (Å²) in [7, 11) is 4.66. The molecule has 0 radical (unpaired) electrons. The molecule has 1 amide bonds. The maximum absolute atomic E-state index is 12.5. The van der Waals surface area contributed by atoms with Crippen molar-refractivity contribution in [2.45, 2.75) is 12.1 Å². The highest BCUT2D eigenvalue weighted by atomic mass is 32.2. The number of furan rings is 1. The zero-order valence-electron chi connectivity index (χ0n) is 20.2. The van der Waals surface area contributed by atoms with Gasteiger partial charge in [-0.3, -0.25) is 9.36 Å². The van der Waals surface area contributed by atoms with Crippen LogP contribution in [0.15, 0.2) is 75.5 Å². The smallest absolute Gasteiger partial charge is 0.250 e. The Morgan fingerprint density at radius 1 is 1.03 bits per heavy atom. The Kier molecular flexibility index (Phi) is 7.91. The van der Waals surface area contributed by atoms with Gasteiger partial charge in [-0.15, -0.1) is 10.2 Å². The fourth-order valence-corrected chi connectivity index (χ4v) is 4.16. The number of thioether (sulfide) groups is 1. The zero-order chi connectivity index (χ0) is 25.5. The predicted octanol–water partition coefficient (Wildman–Crippen LogP) is 4.19. The fraction of sp³-hybridized carbons (Fsp3) is 0.200. The van der Waals surface area contributed by atoms with Gasteiger partial charge in [-0.05, 0) is 43.3 Å². The zero-order valence-corrected chi connectivity index (χ0v) is 21.0. The molecule has 0 aliphatic heterocycles. The summed E-state index contributed by atoms with van der Waals surface area (Å²) in [6, 6.07) is 16.8. The van der Waals surface area contributed by atoms with E-state index >= 15 is 0 Å². The van der Waals surface area contributed by atoms with Crippen LogP contribution < -0.4 is 19.6 Å². The van der Waals surface area contributed by atoms with Crippen LogP contribution in [0.1, 0.15) is 12.7 Å². The van der Waals surface area contributed by atoms with E-state index in [9.17, 15) is 4.79 Å². The number of hydrogen-bond acceptors (Lipinski definition) is 9. The van der Waals surface area contributed by atoms with Crippen LogP contribution in [0.25, 0.3) is 17.1 Å². The monoisotopic (exact) mass is 507 g/mol. The third-order valence-corrected chi connectivity index (χ3v) is 6.06. The van der Waals surface area contributed by atoms with E-state index in [1.807, 2.05) is 34.9 Å². The van der Waals surface area contributed by atoms with E-state index in [4.69, 9.17) is 18.6 Å². The summed E-state index contributed by atoms with van der Waals surface area (Å²) >= 11 is 1.24. The van der Waals surface area contributed by atoms with Crippen molar-refractivity contribution in [2.75, 3.05) is 27.1 Å². The number of benzene rings is 2. The molecule has 0 saturated carbocycles. The first-order valence-electron chi connectivity index (χ1n) is 10.9. The van der Waals surface area contributed by atoms with Crippen LogP contribution in [0.4, 0.5) is 0 Å². The SMILES string of the molecule is COc1cc(-c2nnc(SCC(=O)NN=C(C)c3ccco3)n2-c2ccccc2)cc(OC)c1OC. The first-order valence-corrected chi connectivity index (χ1v) is 11.8. The molecule has 0 saturated heterocycles. The van der Waals surface area contributed by atoms with Crippen LogP contribution in [0, 0.1) is 0 Å². The molecule has 36 heavy (non-hydrogen) atoms. The number of carbonyl (C=O) groups excluding carboxylic acids is 1. The number of nitrogens with one attached hydrogen (secondary N) is 1. The normalized spacial score (nSPS) is 11.3. The van der Waals surface area contributed by atoms with E-state index in [0.717, 1.165) is 5.69 Å². The number of hydrazone groups is 1. The molecule has 186 valence electrons. The highest BCUT2D eigenvalue weighted by Gasteiger charge is 2.21. The first-order chi connectivity index (χ1) is 17.5. The van der Waals surface area contributed by atoms with Gasteiger partial charge in [0, 0.05) is 11.3 Å². The average molecular weight is 508 g/mol. The predicted molar refractivity (Wildman–Crippen MR) is 136 cm³/mol. The summed E-state index contributed by atoms with van der Waals surface area (Å²) in [5.41, 5.74) is 4.65. The van der Waals surface area contributed by atoms with E-state index in [1.54, 1.807) is 58.8 Å². The Morgan fingerprint density at radius 3 is 2.36 bits per heavy atom. The molecular weight excluding hydrogens is 482 g/mol. The van der Waals surface area contributed by atoms with Crippen LogP contribution in [0.5, 0.6) is 17.2 Å². The summed E-state index contributed by atoms with van der Waals surface area (Å²) < 4.78 is 23.6. The minimum atomic E-state index is -0.289. The molecule has 11 heteroatoms. The molecule has 2 aromatic carbocycles. The number of aromatic nitrogens is 3. The van der Waals surface area contributed by atoms with Crippen LogP contribution in [0.2, 0.25) is 0 Å². The second-order valence-corrected chi connectivity index (χ2v) is 8.33. The van der Waals surface area contributed by atoms with Gasteiger partial charge in [-0.25, -0.2) is 5.43 Å². The van der Waals surface area contributed by atoms with Gasteiger partial charge < -0.3 is 18.6 Å². The molecule has 0 aliphatic rings. The molecule has 4 aromatic rings. The Morgan fingerprint density at radius 2 is 1.75 bits per heavy atom. The Hall–Kier alpha value is -4.25. The molecule has 10 nitrogen and oxygen atoms in total. The van der Waals surface area contributed by atoms with Crippen LogP contribution in [0.3, 0.4) is 0 Å². The lowest BCUT2D eigenvalue weighted by atomic mass is 10.1. The van der Waals surface area contributed by atoms with E-state index < -0.39 is 0 Å². The topological polar surface area (TPSA) is 113 Å². The lowest BCUT2D eigenvalue weighted by molar-refractivity contribution is -0.118. The maximum Gasteiger partial charge on any atom is 0.250 e. The molecule has 2 heterocycles. The number of amides is 1. The van der Waals surface area contributed by atoms with Gasteiger partial charge in [-0.1, -0.05) is 30.0 Å². The van der Waals surface area contributed by atoms with E-state index in [-0.39, 0.29) is 11.7 Å². The minimum Gasteiger partial charge on any atom is -0.493 e. The van der Waals surface area contributed by atoms with Gasteiger partial charge in [0.05, 0.1) is 33.3 Å². The van der Waals surface area contributed by atoms with Gasteiger partial charge in [0.25, 0.3) is 5.91 Å². The first kappa shape index (κ1) is 24.9. The van der Waals surface area contributed by atoms with Crippen molar-refractivity contribution in [2.24, 2.45) is 5.10 Å². The number of carbonyl (C=O) groups is 1. The Labute approximate surface area is 212 Å². The number of hydrogen-bond donors (Lipinski definition) is 1. The van der Waals surface area contributed by atoms with Crippen molar-refractivity contribution in [1.82, 2.24) is 20.2 Å². The van der Waals surface area contributed by atoms with E-state index in [2.05, 4.69) is 20.7 Å². The van der Waals surface area contributed by atoms with Crippen LogP contribution >= 0.6 is 11.8 Å². The summed E-state index contributed by atoms with van der Waals surface area (Å²) in [6.45, 7) is 1.75. The number of rotatable bonds is 10. The largest absolute Gasteiger partial charge is 0.493 e. The maximum atomic E-state index is 12.5. The summed E-state index contributed by atoms with van der Waals surface area (Å²) in [5.74, 6) is 2.39. The second kappa shape index (κ2) is 11.5. The minimum absolute atomic E-state index is 0.0785. The highest BCUT2D eigenvalue weighted by Crippen LogP contribution is 2.41. The lowest BCUT2D eigenvalue weighted by Gasteiger charge is -2.15. The van der Waals surface area contributed by atoms with Crippen molar-refractivity contribution in [3.8, 4) is 34.3 Å². The third-order valence-electron chi connectivity index (χ3n) is 5.13. The number of methoxy groups -OCH3 is 3. The quantitative estimate of drug-likeness (QED) is 0.193. The van der Waals surface area contributed by atoms with Crippen molar-refractivity contribution in [3.63, 3.8) is 0 Å². The number of ether oxygens (including phenoxy) is 3. The van der Waals surface area contributed by atoms with E-state index in [0.29, 0.717) is 45.3 Å². The number of para-hydroxylation sites is 1. The molecule has 0 bridgehead atoms. The standard InChI is InChI=1S/C25H25N5O5S/c1-16(19-11-8-12-35-19)26-27-22(31)15-36-25-29-28-24(30(25)18-9-6-5-7-10-18)17-13-20(32-2)23(34-4)21(14-17)33-3/h5-14H,15H2,1-4H3,(H,27,31). The molecule has 1 N–H and O–H groups in total. The lowest BCUT2D eigenvalue weighted by Crippen LogP contribution is -2.21. The van der Waals surface area contributed by atoms with Crippen molar-refractivity contribution < 1.29 is 23.4 Å². The average Bonchev–Trinajstić information content (AvgIpc) is 3.61. The summed E-state index contributed by atoms with van der Waals surface area (Å²) in [4.78, 5) is 12.5. The summed E-state index contributed by atoms with van der Waals surface area (Å²) in [5, 5.41) is 13.4. The third kappa shape index (κ3) is 5.36. The van der Waals surface area contributed by atoms with Gasteiger partial charge >= 0.3 is 0 Å². The second-order valence-electron chi connectivity index (χ2n) is 7.39. The number of nitrogens with zero attached hydrogens (tertiary/aromatic N) is 4. The highest BCUT2D eigenvalue weighted by molar-refractivity contribution is 7.99. The Bertz CT molecular complexity index is 1330. The van der Waals surface area contributed by atoms with Crippen molar-refractivity contribution >= 4 is 23.4 Å². The molecule has 2 aromatic heterocycles. The van der Waals surface area contributed by atoms with Gasteiger partial charge in [0.1, 0.15) is 11.5 Å². The van der Waals surface area contributed by atoms with Gasteiger partial charge in [0.15, 0.2) is 22.5 Å². The van der Waals surface area contributed by atoms with E-state index in [1.165, 1.54) is 11.8 Å². The molecule has 0 aliphatic carbocycles. The van der Waals surface area contributed by atoms with Gasteiger partial charge in [0.2, 0.25) is 5.75 Å². The van der Waals surface area contributed by atoms with Crippen molar-refractivity contribution in [1.29, 1.82) is 0 Å². The molecule has 4 rings (SSSR count).